The predicted octanol–water partition coefficient (Wildman–Crippen LogP) is 5.95. The van der Waals surface area contributed by atoms with Crippen molar-refractivity contribution in [1.82, 2.24) is 0 Å². The third-order valence-corrected chi connectivity index (χ3v) is 4.86. The number of hydrogen-bond donors (Lipinski definition) is 0. The van der Waals surface area contributed by atoms with Gasteiger partial charge in [0.15, 0.2) is 0 Å². The molecule has 26 heavy (non-hydrogen) atoms. The first-order chi connectivity index (χ1) is 12.8. The van der Waals surface area contributed by atoms with E-state index in [1.54, 1.807) is 12.1 Å². The molecule has 0 saturated heterocycles. The fourth-order valence-electron chi connectivity index (χ4n) is 3.26. The topological polar surface area (TPSA) is 35.5 Å². The molecule has 0 N–H and O–H groups in total. The van der Waals surface area contributed by atoms with E-state index in [4.69, 9.17) is 9.47 Å². The van der Waals surface area contributed by atoms with Crippen LogP contribution in [0.15, 0.2) is 48.5 Å². The Hall–Kier alpha value is -2.29. The summed E-state index contributed by atoms with van der Waals surface area (Å²) in [4.78, 5) is 12.3. The Morgan fingerprint density at radius 3 is 2.27 bits per heavy atom. The van der Waals surface area contributed by atoms with Crippen LogP contribution in [-0.4, -0.2) is 12.6 Å². The van der Waals surface area contributed by atoms with E-state index in [0.29, 0.717) is 23.8 Å². The molecule has 0 spiro atoms. The molecule has 0 amide bonds. The third kappa shape index (κ3) is 5.10. The average Bonchev–Trinajstić information content (AvgIpc) is 2.70. The van der Waals surface area contributed by atoms with E-state index in [-0.39, 0.29) is 5.97 Å². The Kier molecular flexibility index (Phi) is 6.70. The van der Waals surface area contributed by atoms with E-state index >= 15 is 0 Å². The molecule has 137 valence electrons. The number of carbonyl (C=O) groups is 1. The highest BCUT2D eigenvalue weighted by molar-refractivity contribution is 5.91. The highest BCUT2D eigenvalue weighted by Gasteiger charge is 2.16. The van der Waals surface area contributed by atoms with Crippen LogP contribution in [0.4, 0.5) is 0 Å². The fourth-order valence-corrected chi connectivity index (χ4v) is 3.26. The third-order valence-electron chi connectivity index (χ3n) is 4.86. The first-order valence-corrected chi connectivity index (χ1v) is 9.63. The van der Waals surface area contributed by atoms with E-state index < -0.39 is 0 Å². The number of unbranched alkanes of at least 4 members (excludes halogenated alkanes) is 1. The maximum atomic E-state index is 12.3. The summed E-state index contributed by atoms with van der Waals surface area (Å²) < 4.78 is 11.1. The Morgan fingerprint density at radius 1 is 0.962 bits per heavy atom. The molecule has 0 bridgehead atoms. The zero-order chi connectivity index (χ0) is 18.2. The molecule has 3 nitrogen and oxygen atoms in total. The van der Waals surface area contributed by atoms with Crippen molar-refractivity contribution < 1.29 is 14.3 Å². The van der Waals surface area contributed by atoms with Crippen LogP contribution < -0.4 is 9.47 Å². The molecule has 2 aromatic carbocycles. The smallest absolute Gasteiger partial charge is 0.343 e. The molecule has 0 unspecified atom stereocenters. The highest BCUT2D eigenvalue weighted by atomic mass is 16.5. The lowest BCUT2D eigenvalue weighted by molar-refractivity contribution is 0.0734. The minimum atomic E-state index is -0.342. The van der Waals surface area contributed by atoms with Gasteiger partial charge in [-0.05, 0) is 86.4 Å². The maximum absolute atomic E-state index is 12.3. The van der Waals surface area contributed by atoms with Crippen LogP contribution >= 0.6 is 0 Å². The van der Waals surface area contributed by atoms with Crippen molar-refractivity contribution in [1.29, 1.82) is 0 Å². The molecule has 0 heterocycles. The minimum absolute atomic E-state index is 0.342. The number of carbonyl (C=O) groups excluding carboxylic acids is 1. The van der Waals surface area contributed by atoms with Crippen molar-refractivity contribution in [3.63, 3.8) is 0 Å². The summed E-state index contributed by atoms with van der Waals surface area (Å²) in [6.07, 6.45) is 9.31. The molecule has 1 radical (unpaired) electrons. The molecule has 1 saturated carbocycles. The molecule has 0 aromatic heterocycles. The van der Waals surface area contributed by atoms with Gasteiger partial charge in [0.2, 0.25) is 0 Å². The molecular weight excluding hydrogens is 324 g/mol. The van der Waals surface area contributed by atoms with Gasteiger partial charge in [-0.2, -0.15) is 0 Å². The Bertz CT molecular complexity index is 682. The number of esters is 1. The van der Waals surface area contributed by atoms with Gasteiger partial charge in [-0.1, -0.05) is 25.5 Å². The molecule has 0 atom stereocenters. The standard InChI is InChI=1S/C23H27O3/c1-2-3-17-25-21-13-11-20(12-14-21)23(24)26-22-15-9-19(10-16-22)18-7-5-4-6-8-18/h4,9-16,18H,2-3,5-8,17H2,1H3. The number of rotatable bonds is 7. The van der Waals surface area contributed by atoms with E-state index in [9.17, 15) is 4.79 Å². The lowest BCUT2D eigenvalue weighted by Crippen LogP contribution is -2.09. The van der Waals surface area contributed by atoms with Crippen LogP contribution in [0.1, 0.15) is 67.3 Å². The van der Waals surface area contributed by atoms with Crippen molar-refractivity contribution in [3.05, 3.63) is 66.1 Å². The fraction of sp³-hybridized carbons (Fsp3) is 0.391. The van der Waals surface area contributed by atoms with Gasteiger partial charge >= 0.3 is 5.97 Å². The highest BCUT2D eigenvalue weighted by Crippen LogP contribution is 2.32. The number of benzene rings is 2. The quantitative estimate of drug-likeness (QED) is 0.351. The molecule has 3 heteroatoms. The Morgan fingerprint density at radius 2 is 1.62 bits per heavy atom. The Labute approximate surface area is 156 Å². The van der Waals surface area contributed by atoms with Gasteiger partial charge in [0.25, 0.3) is 0 Å². The molecule has 2 aromatic rings. The summed E-state index contributed by atoms with van der Waals surface area (Å²) in [7, 11) is 0. The zero-order valence-corrected chi connectivity index (χ0v) is 15.4. The van der Waals surface area contributed by atoms with Gasteiger partial charge in [-0.25, -0.2) is 4.79 Å². The minimum Gasteiger partial charge on any atom is -0.494 e. The molecule has 1 aliphatic rings. The van der Waals surface area contributed by atoms with E-state index in [1.165, 1.54) is 31.2 Å². The molecular formula is C23H27O3. The molecule has 3 rings (SSSR count). The van der Waals surface area contributed by atoms with Crippen LogP contribution in [0.25, 0.3) is 0 Å². The van der Waals surface area contributed by atoms with Gasteiger partial charge < -0.3 is 9.47 Å². The van der Waals surface area contributed by atoms with Crippen molar-refractivity contribution in [2.75, 3.05) is 6.61 Å². The van der Waals surface area contributed by atoms with E-state index in [0.717, 1.165) is 18.6 Å². The van der Waals surface area contributed by atoms with Gasteiger partial charge in [0, 0.05) is 0 Å². The average molecular weight is 351 g/mol. The molecule has 1 aliphatic carbocycles. The van der Waals surface area contributed by atoms with Crippen LogP contribution in [0, 0.1) is 6.42 Å². The summed E-state index contributed by atoms with van der Waals surface area (Å²) >= 11 is 0. The second-order valence-corrected chi connectivity index (χ2v) is 6.83. The van der Waals surface area contributed by atoms with Gasteiger partial charge in [-0.15, -0.1) is 0 Å². The van der Waals surface area contributed by atoms with Crippen LogP contribution in [0.2, 0.25) is 0 Å². The monoisotopic (exact) mass is 351 g/mol. The zero-order valence-electron chi connectivity index (χ0n) is 15.4. The summed E-state index contributed by atoms with van der Waals surface area (Å²) in [5.74, 6) is 1.66. The first-order valence-electron chi connectivity index (χ1n) is 9.63. The van der Waals surface area contributed by atoms with Crippen molar-refractivity contribution in [2.24, 2.45) is 0 Å². The molecule has 0 aliphatic heterocycles. The van der Waals surface area contributed by atoms with Crippen LogP contribution in [0.5, 0.6) is 11.5 Å². The predicted molar refractivity (Wildman–Crippen MR) is 104 cm³/mol. The number of hydrogen-bond acceptors (Lipinski definition) is 3. The lowest BCUT2D eigenvalue weighted by atomic mass is 9.84. The lowest BCUT2D eigenvalue weighted by Gasteiger charge is -2.21. The SMILES string of the molecule is CCCCOc1ccc(C(=O)Oc2ccc(C3CC[CH]CC3)cc2)cc1. The van der Waals surface area contributed by atoms with Gasteiger partial charge in [0.1, 0.15) is 11.5 Å². The summed E-state index contributed by atoms with van der Waals surface area (Å²) in [6.45, 7) is 2.83. The maximum Gasteiger partial charge on any atom is 0.343 e. The second-order valence-electron chi connectivity index (χ2n) is 6.83. The van der Waals surface area contributed by atoms with Crippen molar-refractivity contribution in [3.8, 4) is 11.5 Å². The summed E-state index contributed by atoms with van der Waals surface area (Å²) in [5.41, 5.74) is 1.87. The Balaban J connectivity index is 1.55. The van der Waals surface area contributed by atoms with Crippen molar-refractivity contribution >= 4 is 5.97 Å². The van der Waals surface area contributed by atoms with Crippen LogP contribution in [0.3, 0.4) is 0 Å². The largest absolute Gasteiger partial charge is 0.494 e. The van der Waals surface area contributed by atoms with Crippen molar-refractivity contribution in [2.45, 2.75) is 51.4 Å². The summed E-state index contributed by atoms with van der Waals surface area (Å²) in [6, 6.07) is 15.1. The summed E-state index contributed by atoms with van der Waals surface area (Å²) in [5, 5.41) is 0. The van der Waals surface area contributed by atoms with E-state index in [1.807, 2.05) is 24.3 Å². The molecule has 1 fully saturated rings. The second kappa shape index (κ2) is 9.42. The number of ether oxygens (including phenoxy) is 2. The first kappa shape index (κ1) is 18.5. The van der Waals surface area contributed by atoms with E-state index in [2.05, 4.69) is 25.5 Å². The normalized spacial score (nSPS) is 14.8. The van der Waals surface area contributed by atoms with Crippen LogP contribution in [-0.2, 0) is 0 Å². The van der Waals surface area contributed by atoms with Gasteiger partial charge in [-0.3, -0.25) is 0 Å². The van der Waals surface area contributed by atoms with Gasteiger partial charge in [0.05, 0.1) is 12.2 Å².